The van der Waals surface area contributed by atoms with E-state index in [1.807, 2.05) is 0 Å². The summed E-state index contributed by atoms with van der Waals surface area (Å²) in [4.78, 5) is 10.8. The lowest BCUT2D eigenvalue weighted by atomic mass is 9.85. The molecule has 1 heterocycles. The summed E-state index contributed by atoms with van der Waals surface area (Å²) in [6, 6.07) is 0. The molecule has 1 aliphatic heterocycles. The predicted octanol–water partition coefficient (Wildman–Crippen LogP) is 1.14. The van der Waals surface area contributed by atoms with Crippen molar-refractivity contribution >= 4 is 17.5 Å². The number of hydrogen-bond acceptors (Lipinski definition) is 1. The molecule has 0 aromatic carbocycles. The fourth-order valence-corrected chi connectivity index (χ4v) is 1.58. The number of amides is 1. The molecule has 0 spiro atoms. The quantitative estimate of drug-likeness (QED) is 0.531. The average Bonchev–Trinajstić information content (AvgIpc) is 1.79. The minimum Gasteiger partial charge on any atom is -0.354 e. The zero-order valence-corrected chi connectivity index (χ0v) is 7.03. The lowest BCUT2D eigenvalue weighted by molar-refractivity contribution is -0.123. The second-order valence-corrected chi connectivity index (χ2v) is 4.08. The molecular weight excluding hydrogens is 150 g/mol. The van der Waals surface area contributed by atoms with Crippen molar-refractivity contribution in [2.24, 2.45) is 5.41 Å². The maximum absolute atomic E-state index is 10.8. The van der Waals surface area contributed by atoms with Crippen LogP contribution in [0.25, 0.3) is 0 Å². The number of hydrogen-bond donors (Lipinski definition) is 1. The fourth-order valence-electron chi connectivity index (χ4n) is 1.09. The van der Waals surface area contributed by atoms with Crippen LogP contribution in [0.3, 0.4) is 0 Å². The highest BCUT2D eigenvalue weighted by molar-refractivity contribution is 6.30. The minimum atomic E-state index is -0.330. The van der Waals surface area contributed by atoms with Gasteiger partial charge in [-0.3, -0.25) is 4.79 Å². The molecule has 1 saturated heterocycles. The maximum Gasteiger partial charge on any atom is 0.238 e. The topological polar surface area (TPSA) is 29.1 Å². The average molecular weight is 162 g/mol. The Morgan fingerprint density at radius 1 is 1.70 bits per heavy atom. The Balaban J connectivity index is 2.57. The Morgan fingerprint density at radius 3 is 2.70 bits per heavy atom. The first-order valence-corrected chi connectivity index (χ1v) is 3.87. The molecular formula is C7H12ClNO. The van der Waals surface area contributed by atoms with Crippen LogP contribution in [0.2, 0.25) is 0 Å². The summed E-state index contributed by atoms with van der Waals surface area (Å²) in [7, 11) is 0. The van der Waals surface area contributed by atoms with Gasteiger partial charge in [-0.25, -0.2) is 0 Å². The van der Waals surface area contributed by atoms with Crippen LogP contribution in [0, 0.1) is 5.41 Å². The van der Waals surface area contributed by atoms with E-state index in [0.29, 0.717) is 0 Å². The van der Waals surface area contributed by atoms with Gasteiger partial charge in [-0.1, -0.05) is 13.8 Å². The van der Waals surface area contributed by atoms with Crippen molar-refractivity contribution in [3.05, 3.63) is 0 Å². The minimum absolute atomic E-state index is 0.0269. The van der Waals surface area contributed by atoms with E-state index in [4.69, 9.17) is 11.6 Å². The number of rotatable bonds is 0. The molecule has 58 valence electrons. The van der Waals surface area contributed by atoms with Crippen LogP contribution < -0.4 is 5.32 Å². The first-order valence-electron chi connectivity index (χ1n) is 3.43. The summed E-state index contributed by atoms with van der Waals surface area (Å²) in [5.41, 5.74) is 0.167. The first kappa shape index (κ1) is 7.86. The van der Waals surface area contributed by atoms with Crippen LogP contribution in [0.5, 0.6) is 0 Å². The number of carbonyl (C=O) groups is 1. The molecule has 0 aromatic rings. The van der Waals surface area contributed by atoms with Gasteiger partial charge in [-0.15, -0.1) is 11.6 Å². The normalized spacial score (nSPS) is 31.5. The standard InChI is InChI=1S/C7H12ClNO/c1-7(2)3-5(8)6(10)9-4-7/h5H,3-4H2,1-2H3,(H,9,10). The smallest absolute Gasteiger partial charge is 0.238 e. The van der Waals surface area contributed by atoms with Crippen molar-refractivity contribution in [1.82, 2.24) is 5.32 Å². The Morgan fingerprint density at radius 2 is 2.30 bits per heavy atom. The summed E-state index contributed by atoms with van der Waals surface area (Å²) in [5.74, 6) is -0.0269. The van der Waals surface area contributed by atoms with E-state index in [1.54, 1.807) is 0 Å². The lowest BCUT2D eigenvalue weighted by Crippen LogP contribution is -2.46. The molecule has 1 fully saturated rings. The van der Waals surface area contributed by atoms with Gasteiger partial charge in [0.25, 0.3) is 0 Å². The van der Waals surface area contributed by atoms with Gasteiger partial charge in [0.1, 0.15) is 5.38 Å². The highest BCUT2D eigenvalue weighted by atomic mass is 35.5. The highest BCUT2D eigenvalue weighted by Gasteiger charge is 2.31. The maximum atomic E-state index is 10.8. The third-order valence-electron chi connectivity index (χ3n) is 1.76. The van der Waals surface area contributed by atoms with Gasteiger partial charge in [0.05, 0.1) is 0 Å². The zero-order chi connectivity index (χ0) is 7.78. The van der Waals surface area contributed by atoms with Crippen molar-refractivity contribution in [3.8, 4) is 0 Å². The first-order chi connectivity index (χ1) is 4.51. The second kappa shape index (κ2) is 2.42. The molecule has 0 saturated carbocycles. The van der Waals surface area contributed by atoms with Gasteiger partial charge in [0, 0.05) is 6.54 Å². The molecule has 3 heteroatoms. The van der Waals surface area contributed by atoms with E-state index in [9.17, 15) is 4.79 Å². The SMILES string of the molecule is CC1(C)CNC(=O)C(Cl)C1. The van der Waals surface area contributed by atoms with Gasteiger partial charge >= 0.3 is 0 Å². The van der Waals surface area contributed by atoms with Gasteiger partial charge in [-0.2, -0.15) is 0 Å². The molecule has 0 aliphatic carbocycles. The van der Waals surface area contributed by atoms with E-state index in [2.05, 4.69) is 19.2 Å². The van der Waals surface area contributed by atoms with Crippen LogP contribution in [0.15, 0.2) is 0 Å². The van der Waals surface area contributed by atoms with E-state index in [-0.39, 0.29) is 16.7 Å². The molecule has 0 radical (unpaired) electrons. The van der Waals surface area contributed by atoms with E-state index in [1.165, 1.54) is 0 Å². The molecule has 10 heavy (non-hydrogen) atoms. The number of halogens is 1. The Hall–Kier alpha value is -0.240. The highest BCUT2D eigenvalue weighted by Crippen LogP contribution is 2.27. The van der Waals surface area contributed by atoms with Crippen molar-refractivity contribution < 1.29 is 4.79 Å². The summed E-state index contributed by atoms with van der Waals surface area (Å²) < 4.78 is 0. The molecule has 1 atom stereocenters. The van der Waals surface area contributed by atoms with Crippen molar-refractivity contribution in [3.63, 3.8) is 0 Å². The van der Waals surface area contributed by atoms with Crippen molar-refractivity contribution in [2.75, 3.05) is 6.54 Å². The number of carbonyl (C=O) groups excluding carboxylic acids is 1. The van der Waals surface area contributed by atoms with Crippen LogP contribution in [-0.4, -0.2) is 17.8 Å². The molecule has 0 bridgehead atoms. The van der Waals surface area contributed by atoms with Crippen LogP contribution in [0.4, 0.5) is 0 Å². The van der Waals surface area contributed by atoms with Crippen LogP contribution in [0.1, 0.15) is 20.3 Å². The Bertz CT molecular complexity index is 156. The Labute approximate surface area is 65.9 Å². The summed E-state index contributed by atoms with van der Waals surface area (Å²) >= 11 is 5.74. The van der Waals surface area contributed by atoms with Crippen LogP contribution in [-0.2, 0) is 4.79 Å². The third kappa shape index (κ3) is 1.63. The van der Waals surface area contributed by atoms with Gasteiger partial charge in [0.15, 0.2) is 0 Å². The van der Waals surface area contributed by atoms with E-state index in [0.717, 1.165) is 13.0 Å². The van der Waals surface area contributed by atoms with Crippen LogP contribution >= 0.6 is 11.6 Å². The van der Waals surface area contributed by atoms with Gasteiger partial charge in [-0.05, 0) is 11.8 Å². The zero-order valence-electron chi connectivity index (χ0n) is 6.28. The fraction of sp³-hybridized carbons (Fsp3) is 0.857. The molecule has 1 aliphatic rings. The third-order valence-corrected chi connectivity index (χ3v) is 2.11. The summed E-state index contributed by atoms with van der Waals surface area (Å²) in [6.45, 7) is 4.94. The van der Waals surface area contributed by atoms with Gasteiger partial charge in [0.2, 0.25) is 5.91 Å². The summed E-state index contributed by atoms with van der Waals surface area (Å²) in [6.07, 6.45) is 0.778. The number of alkyl halides is 1. The lowest BCUT2D eigenvalue weighted by Gasteiger charge is -2.32. The molecule has 1 rings (SSSR count). The largest absolute Gasteiger partial charge is 0.354 e. The van der Waals surface area contributed by atoms with Crippen molar-refractivity contribution in [1.29, 1.82) is 0 Å². The number of nitrogens with one attached hydrogen (secondary N) is 1. The monoisotopic (exact) mass is 161 g/mol. The molecule has 1 unspecified atom stereocenters. The molecule has 1 N–H and O–H groups in total. The van der Waals surface area contributed by atoms with E-state index >= 15 is 0 Å². The number of piperidine rings is 1. The van der Waals surface area contributed by atoms with Gasteiger partial charge < -0.3 is 5.32 Å². The molecule has 0 aromatic heterocycles. The molecule has 2 nitrogen and oxygen atoms in total. The summed E-state index contributed by atoms with van der Waals surface area (Å²) in [5, 5.41) is 2.42. The van der Waals surface area contributed by atoms with Crippen molar-refractivity contribution in [2.45, 2.75) is 25.6 Å². The van der Waals surface area contributed by atoms with E-state index < -0.39 is 0 Å². The Kier molecular flexibility index (Phi) is 1.90. The molecule has 1 amide bonds. The predicted molar refractivity (Wildman–Crippen MR) is 41.0 cm³/mol. The second-order valence-electron chi connectivity index (χ2n) is 3.55.